The van der Waals surface area contributed by atoms with E-state index in [1.165, 1.54) is 30.5 Å². The minimum atomic E-state index is -3.58. The van der Waals surface area contributed by atoms with Crippen LogP contribution in [0.2, 0.25) is 0 Å². The Hall–Kier alpha value is -1.60. The molecule has 0 radical (unpaired) electrons. The average Bonchev–Trinajstić information content (AvgIpc) is 2.45. The molecule has 1 aromatic carbocycles. The van der Waals surface area contributed by atoms with Crippen LogP contribution in [0.3, 0.4) is 0 Å². The molecule has 2 rings (SSSR count). The van der Waals surface area contributed by atoms with Gasteiger partial charge >= 0.3 is 0 Å². The summed E-state index contributed by atoms with van der Waals surface area (Å²) < 4.78 is 32.5. The molecule has 1 heterocycles. The van der Waals surface area contributed by atoms with Gasteiger partial charge in [0.15, 0.2) is 0 Å². The van der Waals surface area contributed by atoms with Crippen LogP contribution >= 0.6 is 0 Å². The van der Waals surface area contributed by atoms with Gasteiger partial charge in [0.1, 0.15) is 5.75 Å². The summed E-state index contributed by atoms with van der Waals surface area (Å²) in [5.74, 6) is 0.820. The first-order valence-electron chi connectivity index (χ1n) is 7.69. The first kappa shape index (κ1) is 17.7. The Balaban J connectivity index is 2.37. The molecular formula is C16H24N2O4S. The van der Waals surface area contributed by atoms with Crippen LogP contribution in [-0.4, -0.2) is 38.8 Å². The molecule has 1 N–H and O–H groups in total. The summed E-state index contributed by atoms with van der Waals surface area (Å²) in [5, 5.41) is 2.61. The van der Waals surface area contributed by atoms with Crippen molar-refractivity contribution in [1.82, 2.24) is 4.31 Å². The smallest absolute Gasteiger partial charge is 0.243 e. The van der Waals surface area contributed by atoms with E-state index in [9.17, 15) is 13.2 Å². The second-order valence-corrected chi connectivity index (χ2v) is 8.25. The number of sulfonamides is 1. The molecule has 1 aliphatic rings. The van der Waals surface area contributed by atoms with Gasteiger partial charge in [-0.05, 0) is 36.5 Å². The van der Waals surface area contributed by atoms with Gasteiger partial charge in [0, 0.05) is 20.0 Å². The SMILES string of the molecule is COc1ccc(S(=O)(=O)N2C[C@@H](C)C[C@H](C)C2)cc1NC(C)=O. The van der Waals surface area contributed by atoms with Crippen molar-refractivity contribution in [1.29, 1.82) is 0 Å². The van der Waals surface area contributed by atoms with Crippen molar-refractivity contribution >= 4 is 21.6 Å². The fraction of sp³-hybridized carbons (Fsp3) is 0.562. The maximum Gasteiger partial charge on any atom is 0.243 e. The van der Waals surface area contributed by atoms with Gasteiger partial charge in [-0.3, -0.25) is 4.79 Å². The van der Waals surface area contributed by atoms with Crippen LogP contribution in [0.1, 0.15) is 27.2 Å². The zero-order valence-electron chi connectivity index (χ0n) is 14.0. The molecule has 1 saturated heterocycles. The van der Waals surface area contributed by atoms with Gasteiger partial charge in [0.25, 0.3) is 0 Å². The average molecular weight is 340 g/mol. The number of carbonyl (C=O) groups is 1. The molecule has 1 aliphatic heterocycles. The molecule has 1 amide bonds. The third kappa shape index (κ3) is 4.03. The van der Waals surface area contributed by atoms with E-state index >= 15 is 0 Å². The van der Waals surface area contributed by atoms with E-state index in [1.807, 2.05) is 0 Å². The second-order valence-electron chi connectivity index (χ2n) is 6.31. The van der Waals surface area contributed by atoms with E-state index in [2.05, 4.69) is 19.2 Å². The van der Waals surface area contributed by atoms with Crippen molar-refractivity contribution in [3.8, 4) is 5.75 Å². The van der Waals surface area contributed by atoms with Crippen molar-refractivity contribution in [3.63, 3.8) is 0 Å². The summed E-state index contributed by atoms with van der Waals surface area (Å²) in [4.78, 5) is 11.5. The number of piperidine rings is 1. The lowest BCUT2D eigenvalue weighted by atomic mass is 9.94. The number of nitrogens with zero attached hydrogens (tertiary/aromatic N) is 1. The second kappa shape index (κ2) is 6.88. The molecule has 0 aliphatic carbocycles. The van der Waals surface area contributed by atoms with E-state index in [4.69, 9.17) is 4.74 Å². The van der Waals surface area contributed by atoms with Crippen molar-refractivity contribution in [2.45, 2.75) is 32.1 Å². The van der Waals surface area contributed by atoms with Gasteiger partial charge in [0.2, 0.25) is 15.9 Å². The molecule has 128 valence electrons. The van der Waals surface area contributed by atoms with Gasteiger partial charge in [-0.15, -0.1) is 0 Å². The summed E-state index contributed by atoms with van der Waals surface area (Å²) in [6.07, 6.45) is 1.03. The number of anilines is 1. The summed E-state index contributed by atoms with van der Waals surface area (Å²) in [6, 6.07) is 4.54. The molecule has 0 spiro atoms. The van der Waals surface area contributed by atoms with Crippen molar-refractivity contribution in [2.24, 2.45) is 11.8 Å². The van der Waals surface area contributed by atoms with Crippen LogP contribution in [0.5, 0.6) is 5.75 Å². The zero-order valence-corrected chi connectivity index (χ0v) is 14.8. The lowest BCUT2D eigenvalue weighted by Crippen LogP contribution is -2.42. The van der Waals surface area contributed by atoms with Crippen LogP contribution in [0.25, 0.3) is 0 Å². The largest absolute Gasteiger partial charge is 0.495 e. The minimum absolute atomic E-state index is 0.170. The van der Waals surface area contributed by atoms with E-state index in [0.717, 1.165) is 6.42 Å². The summed E-state index contributed by atoms with van der Waals surface area (Å²) >= 11 is 0. The lowest BCUT2D eigenvalue weighted by molar-refractivity contribution is -0.114. The molecule has 6 nitrogen and oxygen atoms in total. The number of hydrogen-bond donors (Lipinski definition) is 1. The van der Waals surface area contributed by atoms with Crippen LogP contribution in [0.15, 0.2) is 23.1 Å². The fourth-order valence-corrected chi connectivity index (χ4v) is 4.79. The van der Waals surface area contributed by atoms with Crippen molar-refractivity contribution in [2.75, 3.05) is 25.5 Å². The van der Waals surface area contributed by atoms with E-state index in [-0.39, 0.29) is 10.8 Å². The highest BCUT2D eigenvalue weighted by atomic mass is 32.2. The van der Waals surface area contributed by atoms with Crippen LogP contribution in [0, 0.1) is 11.8 Å². The third-order valence-electron chi connectivity index (χ3n) is 3.95. The molecule has 0 unspecified atom stereocenters. The monoisotopic (exact) mass is 340 g/mol. The first-order valence-corrected chi connectivity index (χ1v) is 9.13. The Morgan fingerprint density at radius 3 is 2.39 bits per heavy atom. The molecule has 1 fully saturated rings. The van der Waals surface area contributed by atoms with Gasteiger partial charge in [-0.1, -0.05) is 13.8 Å². The number of nitrogens with one attached hydrogen (secondary N) is 1. The Bertz CT molecular complexity index is 677. The highest BCUT2D eigenvalue weighted by Gasteiger charge is 2.32. The molecular weight excluding hydrogens is 316 g/mol. The summed E-state index contributed by atoms with van der Waals surface area (Å²) in [6.45, 7) is 6.54. The standard InChI is InChI=1S/C16H24N2O4S/c1-11-7-12(2)10-18(9-11)23(20,21)14-5-6-16(22-4)15(8-14)17-13(3)19/h5-6,8,11-12H,7,9-10H2,1-4H3,(H,17,19)/t11-,12-/m0/s1. The summed E-state index contributed by atoms with van der Waals surface area (Å²) in [7, 11) is -2.11. The Kier molecular flexibility index (Phi) is 5.31. The Morgan fingerprint density at radius 2 is 1.87 bits per heavy atom. The van der Waals surface area contributed by atoms with Crippen LogP contribution < -0.4 is 10.1 Å². The van der Waals surface area contributed by atoms with Gasteiger partial charge in [-0.25, -0.2) is 8.42 Å². The minimum Gasteiger partial charge on any atom is -0.495 e. The fourth-order valence-electron chi connectivity index (χ4n) is 3.09. The van der Waals surface area contributed by atoms with Crippen LogP contribution in [-0.2, 0) is 14.8 Å². The Labute approximate surface area is 137 Å². The van der Waals surface area contributed by atoms with E-state index in [1.54, 1.807) is 6.07 Å². The highest BCUT2D eigenvalue weighted by molar-refractivity contribution is 7.89. The normalized spacial score (nSPS) is 22.6. The third-order valence-corrected chi connectivity index (χ3v) is 5.78. The van der Waals surface area contributed by atoms with Crippen molar-refractivity contribution in [3.05, 3.63) is 18.2 Å². The quantitative estimate of drug-likeness (QED) is 0.913. The number of benzene rings is 1. The molecule has 0 bridgehead atoms. The number of carbonyl (C=O) groups excluding carboxylic acids is 1. The maximum atomic E-state index is 12.9. The molecule has 0 saturated carbocycles. The van der Waals surface area contributed by atoms with E-state index in [0.29, 0.717) is 36.4 Å². The lowest BCUT2D eigenvalue weighted by Gasteiger charge is -2.34. The number of methoxy groups -OCH3 is 1. The molecule has 2 atom stereocenters. The topological polar surface area (TPSA) is 75.7 Å². The first-order chi connectivity index (χ1) is 10.7. The van der Waals surface area contributed by atoms with Gasteiger partial charge in [0.05, 0.1) is 17.7 Å². The molecule has 7 heteroatoms. The predicted molar refractivity (Wildman–Crippen MR) is 89.0 cm³/mol. The number of ether oxygens (including phenoxy) is 1. The van der Waals surface area contributed by atoms with Gasteiger partial charge < -0.3 is 10.1 Å². The summed E-state index contributed by atoms with van der Waals surface area (Å²) in [5.41, 5.74) is 0.360. The molecule has 23 heavy (non-hydrogen) atoms. The van der Waals surface area contributed by atoms with Crippen LogP contribution in [0.4, 0.5) is 5.69 Å². The maximum absolute atomic E-state index is 12.9. The van der Waals surface area contributed by atoms with Crippen molar-refractivity contribution < 1.29 is 17.9 Å². The molecule has 1 aromatic rings. The highest BCUT2D eigenvalue weighted by Crippen LogP contribution is 2.31. The Morgan fingerprint density at radius 1 is 1.26 bits per heavy atom. The van der Waals surface area contributed by atoms with Gasteiger partial charge in [-0.2, -0.15) is 4.31 Å². The molecule has 0 aromatic heterocycles. The number of hydrogen-bond acceptors (Lipinski definition) is 4. The predicted octanol–water partition coefficient (Wildman–Crippen LogP) is 2.32. The zero-order chi connectivity index (χ0) is 17.2. The number of amides is 1. The van der Waals surface area contributed by atoms with E-state index < -0.39 is 10.0 Å². The number of rotatable bonds is 4.